The van der Waals surface area contributed by atoms with Crippen molar-refractivity contribution in [2.75, 3.05) is 38.7 Å². The van der Waals surface area contributed by atoms with Gasteiger partial charge in [-0.2, -0.15) is 5.10 Å². The molecule has 0 amide bonds. The van der Waals surface area contributed by atoms with Gasteiger partial charge in [0.1, 0.15) is 11.6 Å². The number of aromatic nitrogens is 2. The highest BCUT2D eigenvalue weighted by atomic mass is 19.3. The first-order chi connectivity index (χ1) is 17.8. The number of anilines is 1. The zero-order valence-electron chi connectivity index (χ0n) is 21.1. The van der Waals surface area contributed by atoms with Crippen LogP contribution in [0.15, 0.2) is 35.1 Å². The number of nitrogens with one attached hydrogen (secondary N) is 1. The lowest BCUT2D eigenvalue weighted by molar-refractivity contribution is -0.0713. The van der Waals surface area contributed by atoms with Crippen molar-refractivity contribution in [2.24, 2.45) is 7.05 Å². The maximum Gasteiger partial charge on any atom is 0.274 e. The quantitative estimate of drug-likeness (QED) is 0.488. The Kier molecular flexibility index (Phi) is 7.13. The largest absolute Gasteiger partial charge is 0.496 e. The van der Waals surface area contributed by atoms with Crippen molar-refractivity contribution >= 4 is 16.6 Å². The monoisotopic (exact) mass is 516 g/mol. The van der Waals surface area contributed by atoms with E-state index < -0.39 is 23.8 Å². The maximum absolute atomic E-state index is 14.8. The third-order valence-electron chi connectivity index (χ3n) is 7.62. The highest BCUT2D eigenvalue weighted by Gasteiger charge is 2.31. The molecule has 0 unspecified atom stereocenters. The lowest BCUT2D eigenvalue weighted by atomic mass is 9.87. The van der Waals surface area contributed by atoms with Gasteiger partial charge in [0.15, 0.2) is 5.82 Å². The van der Waals surface area contributed by atoms with Crippen molar-refractivity contribution < 1.29 is 22.6 Å². The van der Waals surface area contributed by atoms with E-state index >= 15 is 0 Å². The Morgan fingerprint density at radius 3 is 2.46 bits per heavy atom. The Bertz CT molecular complexity index is 1350. The van der Waals surface area contributed by atoms with Gasteiger partial charge in [-0.05, 0) is 56.5 Å². The Labute approximate surface area is 213 Å². The predicted molar refractivity (Wildman–Crippen MR) is 135 cm³/mol. The number of ether oxygens (including phenoxy) is 2. The average molecular weight is 517 g/mol. The molecular weight excluding hydrogens is 485 g/mol. The molecule has 3 heterocycles. The van der Waals surface area contributed by atoms with Gasteiger partial charge in [0.05, 0.1) is 43.4 Å². The number of hydrogen-bond donors (Lipinski definition) is 1. The molecule has 0 spiro atoms. The molecule has 1 N–H and O–H groups in total. The molecule has 37 heavy (non-hydrogen) atoms. The lowest BCUT2D eigenvalue weighted by Gasteiger charge is -2.41. The number of halogens is 3. The number of alkyl halides is 2. The van der Waals surface area contributed by atoms with Crippen molar-refractivity contribution in [3.05, 3.63) is 63.2 Å². The highest BCUT2D eigenvalue weighted by molar-refractivity contribution is 5.93. The number of aryl methyl sites for hydroxylation is 1. The molecule has 198 valence electrons. The third-order valence-corrected chi connectivity index (χ3v) is 7.62. The molecule has 2 aliphatic rings. The first-order valence-electron chi connectivity index (χ1n) is 12.5. The van der Waals surface area contributed by atoms with Gasteiger partial charge in [-0.1, -0.05) is 18.2 Å². The van der Waals surface area contributed by atoms with Crippen LogP contribution in [0.2, 0.25) is 0 Å². The van der Waals surface area contributed by atoms with E-state index in [1.807, 2.05) is 6.07 Å². The molecule has 3 aromatic rings. The van der Waals surface area contributed by atoms with Crippen LogP contribution in [0.1, 0.15) is 54.8 Å². The van der Waals surface area contributed by atoms with E-state index in [0.717, 1.165) is 50.8 Å². The molecule has 0 aliphatic carbocycles. The van der Waals surface area contributed by atoms with Gasteiger partial charge in [-0.3, -0.25) is 9.69 Å². The van der Waals surface area contributed by atoms with Crippen LogP contribution in [0.25, 0.3) is 10.8 Å². The number of rotatable bonds is 7. The fourth-order valence-electron chi connectivity index (χ4n) is 5.36. The van der Waals surface area contributed by atoms with Crippen molar-refractivity contribution in [1.29, 1.82) is 0 Å². The summed E-state index contributed by atoms with van der Waals surface area (Å²) in [6.45, 7) is 5.16. The van der Waals surface area contributed by atoms with Gasteiger partial charge in [0, 0.05) is 18.0 Å². The Morgan fingerprint density at radius 2 is 1.84 bits per heavy atom. The first-order valence-corrected chi connectivity index (χ1v) is 12.5. The molecule has 2 aliphatic heterocycles. The minimum Gasteiger partial charge on any atom is -0.496 e. The Morgan fingerprint density at radius 1 is 1.14 bits per heavy atom. The van der Waals surface area contributed by atoms with E-state index in [2.05, 4.69) is 15.3 Å². The number of nitrogens with zero attached hydrogens (tertiary/aromatic N) is 3. The summed E-state index contributed by atoms with van der Waals surface area (Å²) in [6, 6.07) is 7.47. The van der Waals surface area contributed by atoms with Crippen LogP contribution in [0.5, 0.6) is 5.75 Å². The fourth-order valence-corrected chi connectivity index (χ4v) is 5.36. The normalized spacial score (nSPS) is 18.2. The van der Waals surface area contributed by atoms with E-state index in [1.54, 1.807) is 20.1 Å². The summed E-state index contributed by atoms with van der Waals surface area (Å²) in [5.41, 5.74) is 0.166. The van der Waals surface area contributed by atoms with Crippen molar-refractivity contribution in [3.63, 3.8) is 0 Å². The van der Waals surface area contributed by atoms with E-state index in [9.17, 15) is 18.0 Å². The third kappa shape index (κ3) is 4.80. The summed E-state index contributed by atoms with van der Waals surface area (Å²) in [7, 11) is 3.13. The number of likely N-dealkylation sites (tertiary alicyclic amines) is 1. The Balaban J connectivity index is 1.51. The Hall–Kier alpha value is -3.11. The lowest BCUT2D eigenvalue weighted by Crippen LogP contribution is -2.51. The molecule has 1 atom stereocenters. The maximum atomic E-state index is 14.8. The molecule has 7 nitrogen and oxygen atoms in total. The second kappa shape index (κ2) is 10.3. The zero-order valence-corrected chi connectivity index (χ0v) is 21.1. The van der Waals surface area contributed by atoms with Gasteiger partial charge in [0.2, 0.25) is 0 Å². The van der Waals surface area contributed by atoms with Gasteiger partial charge in [0.25, 0.3) is 12.0 Å². The van der Waals surface area contributed by atoms with E-state index in [4.69, 9.17) is 9.47 Å². The molecule has 5 rings (SSSR count). The summed E-state index contributed by atoms with van der Waals surface area (Å²) in [5, 5.41) is 8.58. The summed E-state index contributed by atoms with van der Waals surface area (Å²) in [5.74, 6) is 0.319. The van der Waals surface area contributed by atoms with Crippen LogP contribution in [0.3, 0.4) is 0 Å². The second-order valence-corrected chi connectivity index (χ2v) is 9.84. The number of benzene rings is 2. The molecule has 1 aromatic heterocycles. The van der Waals surface area contributed by atoms with Crippen LogP contribution in [-0.2, 0) is 11.8 Å². The molecule has 0 radical (unpaired) electrons. The number of hydrogen-bond acceptors (Lipinski definition) is 6. The van der Waals surface area contributed by atoms with Gasteiger partial charge in [-0.25, -0.2) is 17.9 Å². The molecule has 0 saturated carbocycles. The minimum atomic E-state index is -2.91. The first kappa shape index (κ1) is 25.5. The number of piperidine rings is 1. The fraction of sp³-hybridized carbons (Fsp3) is 0.481. The molecule has 2 fully saturated rings. The van der Waals surface area contributed by atoms with Crippen LogP contribution < -0.4 is 15.6 Å². The van der Waals surface area contributed by atoms with Gasteiger partial charge >= 0.3 is 0 Å². The van der Waals surface area contributed by atoms with E-state index in [1.165, 1.54) is 23.9 Å². The molecule has 2 saturated heterocycles. The van der Waals surface area contributed by atoms with Crippen molar-refractivity contribution in [2.45, 2.75) is 44.2 Å². The average Bonchev–Trinajstić information content (AvgIpc) is 2.85. The van der Waals surface area contributed by atoms with E-state index in [-0.39, 0.29) is 17.0 Å². The predicted octanol–water partition coefficient (Wildman–Crippen LogP) is 4.77. The van der Waals surface area contributed by atoms with E-state index in [0.29, 0.717) is 28.4 Å². The summed E-state index contributed by atoms with van der Waals surface area (Å²) >= 11 is 0. The van der Waals surface area contributed by atoms with Crippen molar-refractivity contribution in [3.8, 4) is 5.75 Å². The molecule has 10 heteroatoms. The van der Waals surface area contributed by atoms with Crippen LogP contribution in [-0.4, -0.2) is 54.1 Å². The summed E-state index contributed by atoms with van der Waals surface area (Å²) in [4.78, 5) is 15.4. The summed E-state index contributed by atoms with van der Waals surface area (Å²) in [6.07, 6.45) is -1.02. The highest BCUT2D eigenvalue weighted by Crippen LogP contribution is 2.39. The SMILES string of the molecule is COc1cc2c(=O)n(C)nc(N[C@H](C)c3cccc(C(F)F)c3F)c2cc1C1CCN(C2COC2)CC1. The second-order valence-electron chi connectivity index (χ2n) is 9.84. The zero-order chi connectivity index (χ0) is 26.3. The number of fused-ring (bicyclic) bond motifs is 1. The van der Waals surface area contributed by atoms with Crippen LogP contribution in [0, 0.1) is 5.82 Å². The van der Waals surface area contributed by atoms with Crippen LogP contribution >= 0.6 is 0 Å². The molecular formula is C27H31F3N4O3. The molecule has 0 bridgehead atoms. The number of methoxy groups -OCH3 is 1. The van der Waals surface area contributed by atoms with Crippen LogP contribution in [0.4, 0.5) is 19.0 Å². The van der Waals surface area contributed by atoms with Gasteiger partial charge in [-0.15, -0.1) is 0 Å². The molecule has 2 aromatic carbocycles. The minimum absolute atomic E-state index is 0.0997. The smallest absolute Gasteiger partial charge is 0.274 e. The summed E-state index contributed by atoms with van der Waals surface area (Å²) < 4.78 is 53.6. The van der Waals surface area contributed by atoms with Crippen molar-refractivity contribution in [1.82, 2.24) is 14.7 Å². The topological polar surface area (TPSA) is 68.6 Å². The van der Waals surface area contributed by atoms with Gasteiger partial charge < -0.3 is 14.8 Å². The standard InChI is InChI=1S/C27H31F3N4O3/c1-15(18-5-4-6-19(24(18)28)25(29)30)31-26-21-11-20(16-7-9-34(10-8-16)17-13-37-14-17)23(36-3)12-22(21)27(35)33(2)32-26/h4-6,11-12,15-17,25H,7-10,13-14H2,1-3H3,(H,31,32)/t15-/m1/s1.